The third kappa shape index (κ3) is 5.61. The molecule has 0 bridgehead atoms. The van der Waals surface area contributed by atoms with Gasteiger partial charge in [0.2, 0.25) is 11.8 Å². The number of imide groups is 2. The van der Waals surface area contributed by atoms with Crippen LogP contribution in [0.3, 0.4) is 0 Å². The Labute approximate surface area is 232 Å². The van der Waals surface area contributed by atoms with E-state index in [0.717, 1.165) is 11.0 Å². The van der Waals surface area contributed by atoms with E-state index in [-0.39, 0.29) is 41.5 Å². The fourth-order valence-corrected chi connectivity index (χ4v) is 5.48. The Hall–Kier alpha value is -4.42. The topological polar surface area (TPSA) is 125 Å². The van der Waals surface area contributed by atoms with Crippen LogP contribution in [0.4, 0.5) is 18.9 Å². The summed E-state index contributed by atoms with van der Waals surface area (Å²) in [6.45, 7) is 3.12. The Morgan fingerprint density at radius 2 is 1.76 bits per heavy atom. The highest BCUT2D eigenvalue weighted by molar-refractivity contribution is 6.25. The SMILES string of the molecule is CC1(CNC(=O)c2ccccc2OC(F)(F)F)CCN(c2cccc3c2C(=O)N(C2CCC(=O)NC2=O)C3=O)CC1. The maximum Gasteiger partial charge on any atom is 0.573 e. The second-order valence-electron chi connectivity index (χ2n) is 10.7. The first-order valence-corrected chi connectivity index (χ1v) is 13.1. The Morgan fingerprint density at radius 3 is 2.44 bits per heavy atom. The van der Waals surface area contributed by atoms with E-state index in [0.29, 0.717) is 31.6 Å². The quantitative estimate of drug-likeness (QED) is 0.510. The minimum Gasteiger partial charge on any atom is -0.405 e. The number of hydrogen-bond acceptors (Lipinski definition) is 7. The summed E-state index contributed by atoms with van der Waals surface area (Å²) in [6.07, 6.45) is -3.68. The second-order valence-corrected chi connectivity index (χ2v) is 10.7. The zero-order valence-corrected chi connectivity index (χ0v) is 22.0. The summed E-state index contributed by atoms with van der Waals surface area (Å²) in [5.41, 5.74) is 0.343. The fraction of sp³-hybridized carbons (Fsp3) is 0.393. The third-order valence-electron chi connectivity index (χ3n) is 7.79. The van der Waals surface area contributed by atoms with Crippen molar-refractivity contribution >= 4 is 35.2 Å². The summed E-state index contributed by atoms with van der Waals surface area (Å²) >= 11 is 0. The fourth-order valence-electron chi connectivity index (χ4n) is 5.48. The zero-order valence-electron chi connectivity index (χ0n) is 22.0. The lowest BCUT2D eigenvalue weighted by Crippen LogP contribution is -2.54. The van der Waals surface area contributed by atoms with Crippen LogP contribution in [0, 0.1) is 5.41 Å². The molecule has 2 aromatic rings. The van der Waals surface area contributed by atoms with Crippen LogP contribution >= 0.6 is 0 Å². The number of ether oxygens (including phenoxy) is 1. The first-order chi connectivity index (χ1) is 19.4. The number of rotatable bonds is 6. The Bertz CT molecular complexity index is 1430. The molecule has 0 spiro atoms. The number of hydrogen-bond donors (Lipinski definition) is 2. The minimum atomic E-state index is -4.93. The molecule has 0 radical (unpaired) electrons. The number of alkyl halides is 3. The normalized spacial score (nSPS) is 20.5. The average molecular weight is 573 g/mol. The van der Waals surface area contributed by atoms with Crippen LogP contribution in [0.25, 0.3) is 0 Å². The molecule has 0 aliphatic carbocycles. The van der Waals surface area contributed by atoms with Crippen molar-refractivity contribution in [3.8, 4) is 5.75 Å². The number of amides is 5. The van der Waals surface area contributed by atoms with Crippen molar-refractivity contribution in [2.75, 3.05) is 24.5 Å². The molecule has 5 rings (SSSR count). The van der Waals surface area contributed by atoms with Crippen LogP contribution < -0.4 is 20.3 Å². The van der Waals surface area contributed by atoms with E-state index in [1.807, 2.05) is 11.8 Å². The van der Waals surface area contributed by atoms with Crippen molar-refractivity contribution in [3.05, 3.63) is 59.2 Å². The number of carbonyl (C=O) groups is 5. The summed E-state index contributed by atoms with van der Waals surface area (Å²) in [6, 6.07) is 9.01. The lowest BCUT2D eigenvalue weighted by atomic mass is 9.80. The number of piperidine rings is 2. The Kier molecular flexibility index (Phi) is 7.22. The molecule has 3 aliphatic heterocycles. The van der Waals surface area contributed by atoms with Gasteiger partial charge in [-0.05, 0) is 48.9 Å². The summed E-state index contributed by atoms with van der Waals surface area (Å²) in [7, 11) is 0. The Balaban J connectivity index is 1.25. The molecule has 5 amide bonds. The summed E-state index contributed by atoms with van der Waals surface area (Å²) < 4.78 is 42.2. The van der Waals surface area contributed by atoms with Crippen molar-refractivity contribution in [1.82, 2.24) is 15.5 Å². The second kappa shape index (κ2) is 10.5. The lowest BCUT2D eigenvalue weighted by Gasteiger charge is -2.41. The largest absolute Gasteiger partial charge is 0.573 e. The van der Waals surface area contributed by atoms with Gasteiger partial charge in [0.05, 0.1) is 22.4 Å². The van der Waals surface area contributed by atoms with Gasteiger partial charge in [-0.25, -0.2) is 0 Å². The van der Waals surface area contributed by atoms with Gasteiger partial charge in [-0.15, -0.1) is 13.2 Å². The minimum absolute atomic E-state index is 0.0266. The van der Waals surface area contributed by atoms with E-state index in [1.165, 1.54) is 24.3 Å². The van der Waals surface area contributed by atoms with Crippen LogP contribution in [0.15, 0.2) is 42.5 Å². The highest BCUT2D eigenvalue weighted by Crippen LogP contribution is 2.38. The monoisotopic (exact) mass is 572 g/mol. The van der Waals surface area contributed by atoms with Gasteiger partial charge in [-0.3, -0.25) is 34.2 Å². The summed E-state index contributed by atoms with van der Waals surface area (Å²) in [5, 5.41) is 4.90. The van der Waals surface area contributed by atoms with E-state index in [2.05, 4.69) is 15.4 Å². The van der Waals surface area contributed by atoms with Gasteiger partial charge in [0.1, 0.15) is 11.8 Å². The van der Waals surface area contributed by atoms with Crippen molar-refractivity contribution in [2.24, 2.45) is 5.41 Å². The average Bonchev–Trinajstić information content (AvgIpc) is 3.17. The van der Waals surface area contributed by atoms with Crippen LogP contribution in [0.2, 0.25) is 0 Å². The van der Waals surface area contributed by atoms with Gasteiger partial charge in [0, 0.05) is 26.1 Å². The maximum atomic E-state index is 13.4. The van der Waals surface area contributed by atoms with E-state index in [9.17, 15) is 37.1 Å². The Morgan fingerprint density at radius 1 is 1.05 bits per heavy atom. The molecular weight excluding hydrogens is 545 g/mol. The van der Waals surface area contributed by atoms with E-state index in [4.69, 9.17) is 0 Å². The first kappa shape index (κ1) is 28.1. The highest BCUT2D eigenvalue weighted by atomic mass is 19.4. The molecule has 216 valence electrons. The zero-order chi connectivity index (χ0) is 29.5. The predicted octanol–water partition coefficient (Wildman–Crippen LogP) is 3.02. The molecule has 3 aliphatic rings. The maximum absolute atomic E-state index is 13.4. The molecule has 2 aromatic carbocycles. The number of anilines is 1. The summed E-state index contributed by atoms with van der Waals surface area (Å²) in [5.74, 6) is -3.57. The molecular formula is C28H27F3N4O6. The summed E-state index contributed by atoms with van der Waals surface area (Å²) in [4.78, 5) is 66.2. The van der Waals surface area contributed by atoms with Gasteiger partial charge < -0.3 is 15.0 Å². The van der Waals surface area contributed by atoms with Gasteiger partial charge in [0.25, 0.3) is 17.7 Å². The van der Waals surface area contributed by atoms with Crippen molar-refractivity contribution in [1.29, 1.82) is 0 Å². The lowest BCUT2D eigenvalue weighted by molar-refractivity contribution is -0.274. The van der Waals surface area contributed by atoms with Crippen molar-refractivity contribution < 1.29 is 41.9 Å². The molecule has 10 nitrogen and oxygen atoms in total. The molecule has 1 atom stereocenters. The molecule has 1 unspecified atom stereocenters. The molecule has 0 aromatic heterocycles. The number of nitrogens with one attached hydrogen (secondary N) is 2. The van der Waals surface area contributed by atoms with Gasteiger partial charge in [-0.1, -0.05) is 25.1 Å². The van der Waals surface area contributed by atoms with Crippen molar-refractivity contribution in [2.45, 2.75) is 45.0 Å². The third-order valence-corrected chi connectivity index (χ3v) is 7.79. The van der Waals surface area contributed by atoms with Crippen LogP contribution in [-0.2, 0) is 9.59 Å². The van der Waals surface area contributed by atoms with Crippen molar-refractivity contribution in [3.63, 3.8) is 0 Å². The molecule has 3 heterocycles. The van der Waals surface area contributed by atoms with Crippen LogP contribution in [-0.4, -0.2) is 66.5 Å². The molecule has 2 saturated heterocycles. The number of fused-ring (bicyclic) bond motifs is 1. The van der Waals surface area contributed by atoms with Gasteiger partial charge >= 0.3 is 6.36 Å². The standard InChI is InChI=1S/C28H27F3N4O6/c1-27(15-32-23(37)16-5-2-3-8-20(16)41-28(29,30)31)11-13-34(14-12-27)18-7-4-6-17-22(18)26(40)35(25(17)39)19-9-10-21(36)33-24(19)38/h2-8,19H,9-15H2,1H3,(H,32,37)(H,33,36,38). The van der Waals surface area contributed by atoms with E-state index in [1.54, 1.807) is 12.1 Å². The molecule has 13 heteroatoms. The number of nitrogens with zero attached hydrogens (tertiary/aromatic N) is 2. The predicted molar refractivity (Wildman–Crippen MR) is 138 cm³/mol. The first-order valence-electron chi connectivity index (χ1n) is 13.1. The number of benzene rings is 2. The van der Waals surface area contributed by atoms with Gasteiger partial charge in [0.15, 0.2) is 0 Å². The highest BCUT2D eigenvalue weighted by Gasteiger charge is 2.46. The van der Waals surface area contributed by atoms with E-state index < -0.39 is 47.7 Å². The molecule has 0 saturated carbocycles. The van der Waals surface area contributed by atoms with Crippen LogP contribution in [0.5, 0.6) is 5.75 Å². The molecule has 41 heavy (non-hydrogen) atoms. The van der Waals surface area contributed by atoms with Gasteiger partial charge in [-0.2, -0.15) is 0 Å². The number of para-hydroxylation sites is 1. The number of carbonyl (C=O) groups excluding carboxylic acids is 5. The molecule has 2 fully saturated rings. The number of halogens is 3. The van der Waals surface area contributed by atoms with E-state index >= 15 is 0 Å². The molecule has 2 N–H and O–H groups in total. The van der Waals surface area contributed by atoms with Crippen LogP contribution in [0.1, 0.15) is 63.7 Å². The smallest absolute Gasteiger partial charge is 0.405 e.